The zero-order chi connectivity index (χ0) is 25.7. The lowest BCUT2D eigenvalue weighted by molar-refractivity contribution is -0.147. The zero-order valence-electron chi connectivity index (χ0n) is 18.5. The Labute approximate surface area is 202 Å². The molecule has 0 aliphatic carbocycles. The van der Waals surface area contributed by atoms with E-state index in [1.165, 1.54) is 19.1 Å². The number of carbonyl (C=O) groups is 5. The summed E-state index contributed by atoms with van der Waals surface area (Å²) in [4.78, 5) is 59.2. The van der Waals surface area contributed by atoms with Gasteiger partial charge < -0.3 is 36.0 Å². The first-order valence-electron chi connectivity index (χ1n) is 10.4. The van der Waals surface area contributed by atoms with Gasteiger partial charge in [0.05, 0.1) is 12.2 Å². The van der Waals surface area contributed by atoms with Crippen molar-refractivity contribution < 1.29 is 44.0 Å². The van der Waals surface area contributed by atoms with E-state index in [-0.39, 0.29) is 42.3 Å². The highest BCUT2D eigenvalue weighted by Gasteiger charge is 2.33. The van der Waals surface area contributed by atoms with Crippen LogP contribution in [0.5, 0.6) is 5.75 Å². The van der Waals surface area contributed by atoms with Gasteiger partial charge in [-0.05, 0) is 29.7 Å². The minimum absolute atomic E-state index is 0.0522. The third-order valence-corrected chi connectivity index (χ3v) is 6.41. The molecular formula is C22H23N3O9S. The number of rotatable bonds is 8. The van der Waals surface area contributed by atoms with Crippen molar-refractivity contribution in [3.05, 3.63) is 45.8 Å². The van der Waals surface area contributed by atoms with Gasteiger partial charge in [0.25, 0.3) is 0 Å². The summed E-state index contributed by atoms with van der Waals surface area (Å²) in [6.45, 7) is 1.38. The third kappa shape index (κ3) is 6.33. The maximum absolute atomic E-state index is 12.9. The van der Waals surface area contributed by atoms with E-state index in [9.17, 15) is 34.2 Å². The minimum Gasteiger partial charge on any atom is -0.508 e. The predicted octanol–water partition coefficient (Wildman–Crippen LogP) is 0.652. The van der Waals surface area contributed by atoms with Crippen molar-refractivity contribution in [2.45, 2.75) is 31.9 Å². The van der Waals surface area contributed by atoms with Crippen LogP contribution in [-0.4, -0.2) is 64.2 Å². The third-order valence-electron chi connectivity index (χ3n) is 5.17. The summed E-state index contributed by atoms with van der Waals surface area (Å²) in [5.74, 6) is -5.31. The van der Waals surface area contributed by atoms with Crippen LogP contribution in [0.1, 0.15) is 39.4 Å². The largest absolute Gasteiger partial charge is 0.508 e. The maximum atomic E-state index is 12.9. The molecule has 0 saturated carbocycles. The van der Waals surface area contributed by atoms with Crippen molar-refractivity contribution in [3.63, 3.8) is 0 Å². The van der Waals surface area contributed by atoms with Gasteiger partial charge >= 0.3 is 17.8 Å². The number of fused-ring (bicyclic) bond motifs is 1. The van der Waals surface area contributed by atoms with Crippen molar-refractivity contribution in [1.82, 2.24) is 10.6 Å². The molecule has 3 rings (SSSR count). The van der Waals surface area contributed by atoms with Gasteiger partial charge in [-0.15, -0.1) is 11.3 Å². The number of carbonyl (C=O) groups excluding carboxylic acids is 3. The molecule has 0 fully saturated rings. The lowest BCUT2D eigenvalue weighted by Crippen LogP contribution is -2.48. The highest BCUT2D eigenvalue weighted by atomic mass is 32.1. The van der Waals surface area contributed by atoms with Crippen molar-refractivity contribution in [2.24, 2.45) is 0 Å². The molecule has 6 N–H and O–H groups in total. The summed E-state index contributed by atoms with van der Waals surface area (Å²) < 4.78 is 5.71. The van der Waals surface area contributed by atoms with Crippen molar-refractivity contribution in [3.8, 4) is 5.75 Å². The minimum atomic E-state index is -1.76. The molecule has 1 aromatic carbocycles. The van der Waals surface area contributed by atoms with Crippen molar-refractivity contribution in [2.75, 3.05) is 18.5 Å². The van der Waals surface area contributed by atoms with Crippen LogP contribution in [-0.2, 0) is 36.8 Å². The molecule has 2 heterocycles. The second-order valence-corrected chi connectivity index (χ2v) is 8.74. The zero-order valence-corrected chi connectivity index (χ0v) is 19.3. The first-order chi connectivity index (χ1) is 16.6. The second kappa shape index (κ2) is 11.0. The van der Waals surface area contributed by atoms with E-state index >= 15 is 0 Å². The fourth-order valence-electron chi connectivity index (χ4n) is 3.63. The quantitative estimate of drug-likeness (QED) is 0.280. The number of aliphatic carboxylic acids is 1. The number of ether oxygens (including phenoxy) is 1. The summed E-state index contributed by atoms with van der Waals surface area (Å²) in [6, 6.07) is 5.27. The average molecular weight is 506 g/mol. The summed E-state index contributed by atoms with van der Waals surface area (Å²) in [5.41, 5.74) is 0.898. The first-order valence-corrected chi connectivity index (χ1v) is 11.3. The monoisotopic (exact) mass is 505 g/mol. The topological polar surface area (TPSA) is 191 Å². The molecule has 0 bridgehead atoms. The normalized spacial score (nSPS) is 15.4. The summed E-state index contributed by atoms with van der Waals surface area (Å²) in [5, 5.41) is 35.1. The van der Waals surface area contributed by atoms with Gasteiger partial charge in [0, 0.05) is 24.8 Å². The number of anilines is 1. The van der Waals surface area contributed by atoms with Crippen molar-refractivity contribution in [1.29, 1.82) is 0 Å². The van der Waals surface area contributed by atoms with Crippen LogP contribution in [0.3, 0.4) is 0 Å². The van der Waals surface area contributed by atoms with E-state index in [4.69, 9.17) is 9.84 Å². The van der Waals surface area contributed by atoms with Crippen molar-refractivity contribution >= 4 is 46.0 Å². The van der Waals surface area contributed by atoms with Crippen LogP contribution in [0.2, 0.25) is 0 Å². The Morgan fingerprint density at radius 1 is 1.14 bits per heavy atom. The van der Waals surface area contributed by atoms with E-state index in [2.05, 4.69) is 16.0 Å². The lowest BCUT2D eigenvalue weighted by Gasteiger charge is -2.25. The Morgan fingerprint density at radius 2 is 1.83 bits per heavy atom. The number of nitrogens with one attached hydrogen (secondary N) is 3. The molecule has 1 aromatic heterocycles. The molecule has 1 unspecified atom stereocenters. The fraction of sp³-hybridized carbons (Fsp3) is 0.318. The van der Waals surface area contributed by atoms with Crippen LogP contribution in [0, 0.1) is 0 Å². The number of aromatic carboxylic acids is 1. The molecule has 0 radical (unpaired) electrons. The van der Waals surface area contributed by atoms with Crippen LogP contribution >= 0.6 is 11.3 Å². The van der Waals surface area contributed by atoms with E-state index in [0.717, 1.165) is 11.3 Å². The number of phenolic OH excluding ortho intramolecular Hbond substituents is 1. The van der Waals surface area contributed by atoms with Crippen LogP contribution < -0.4 is 16.0 Å². The number of carboxylic acids is 2. The molecule has 2 atom stereocenters. The van der Waals surface area contributed by atoms with Gasteiger partial charge in [-0.25, -0.2) is 9.59 Å². The van der Waals surface area contributed by atoms with Crippen LogP contribution in [0.25, 0.3) is 0 Å². The highest BCUT2D eigenvalue weighted by molar-refractivity contribution is 7.17. The van der Waals surface area contributed by atoms with Gasteiger partial charge in [0.1, 0.15) is 22.9 Å². The highest BCUT2D eigenvalue weighted by Crippen LogP contribution is 2.41. The average Bonchev–Trinajstić information content (AvgIpc) is 3.16. The fourth-order valence-corrected chi connectivity index (χ4v) is 4.92. The standard InChI is InChI=1S/C22H23N3O9S/c1-10(26)24-14(8-11-2-4-12(27)5-3-11)18(28)23-9-15-17-13(6-7-34-15)16(21(30)31)20(35-17)25-19(29)22(32)33/h2-5,14-15,27H,6-9H2,1H3,(H,23,28)(H,24,26)(H,25,29)(H,30,31)(H,32,33)/t14-,15?/m1/s1. The smallest absolute Gasteiger partial charge is 0.394 e. The van der Waals surface area contributed by atoms with Gasteiger partial charge in [-0.2, -0.15) is 0 Å². The molecule has 3 amide bonds. The number of benzene rings is 1. The Balaban J connectivity index is 1.76. The van der Waals surface area contributed by atoms with E-state index in [1.807, 2.05) is 0 Å². The molecule has 1 aliphatic heterocycles. The molecular weight excluding hydrogens is 482 g/mol. The van der Waals surface area contributed by atoms with Crippen LogP contribution in [0.4, 0.5) is 5.00 Å². The van der Waals surface area contributed by atoms with E-state index < -0.39 is 41.8 Å². The Hall–Kier alpha value is -3.97. The Morgan fingerprint density at radius 3 is 2.43 bits per heavy atom. The number of phenols is 1. The molecule has 2 aromatic rings. The number of thiophene rings is 1. The first kappa shape index (κ1) is 25.6. The maximum Gasteiger partial charge on any atom is 0.394 e. The van der Waals surface area contributed by atoms with Gasteiger partial charge in [-0.1, -0.05) is 12.1 Å². The Bertz CT molecular complexity index is 1160. The molecule has 1 aliphatic rings. The second-order valence-electron chi connectivity index (χ2n) is 7.69. The molecule has 13 heteroatoms. The number of carboxylic acid groups (broad SMARTS) is 2. The van der Waals surface area contributed by atoms with Gasteiger partial charge in [0.2, 0.25) is 11.8 Å². The number of amides is 3. The molecule has 0 saturated heterocycles. The van der Waals surface area contributed by atoms with Gasteiger partial charge in [0.15, 0.2) is 0 Å². The lowest BCUT2D eigenvalue weighted by atomic mass is 10.0. The predicted molar refractivity (Wildman–Crippen MR) is 122 cm³/mol. The summed E-state index contributed by atoms with van der Waals surface area (Å²) in [7, 11) is 0. The van der Waals surface area contributed by atoms with Crippen LogP contribution in [0.15, 0.2) is 24.3 Å². The molecule has 12 nitrogen and oxygen atoms in total. The summed E-state index contributed by atoms with van der Waals surface area (Å²) >= 11 is 0.873. The number of hydrogen-bond acceptors (Lipinski definition) is 8. The summed E-state index contributed by atoms with van der Waals surface area (Å²) in [6.07, 6.45) is -0.348. The number of hydrogen-bond donors (Lipinski definition) is 6. The van der Waals surface area contributed by atoms with Gasteiger partial charge in [-0.3, -0.25) is 14.4 Å². The van der Waals surface area contributed by atoms with E-state index in [1.54, 1.807) is 12.1 Å². The SMILES string of the molecule is CC(=O)N[C@H](Cc1ccc(O)cc1)C(=O)NCC1OCCc2c1sc(NC(=O)C(=O)O)c2C(=O)O. The molecule has 0 spiro atoms. The molecule has 186 valence electrons. The number of aromatic hydroxyl groups is 1. The Kier molecular flexibility index (Phi) is 8.04. The van der Waals surface area contributed by atoms with E-state index in [0.29, 0.717) is 16.0 Å². The molecule has 35 heavy (non-hydrogen) atoms.